The molecule has 3 heterocycles. The molecule has 2 aromatic rings. The number of nitrogens with zero attached hydrogens (tertiary/aromatic N) is 3. The summed E-state index contributed by atoms with van der Waals surface area (Å²) >= 11 is 0. The molecule has 35 heavy (non-hydrogen) atoms. The first-order valence-corrected chi connectivity index (χ1v) is 13.2. The van der Waals surface area contributed by atoms with Gasteiger partial charge in [-0.3, -0.25) is 9.69 Å². The van der Waals surface area contributed by atoms with Crippen molar-refractivity contribution >= 4 is 22.9 Å². The normalized spacial score (nSPS) is 19.3. The smallest absolute Gasteiger partial charge is 0.157 e. The maximum Gasteiger partial charge on any atom is 0.157 e. The lowest BCUT2D eigenvalue weighted by Crippen LogP contribution is -2.32. The summed E-state index contributed by atoms with van der Waals surface area (Å²) in [5.41, 5.74) is 5.40. The Labute approximate surface area is 209 Å². The van der Waals surface area contributed by atoms with Crippen molar-refractivity contribution in [2.75, 3.05) is 25.1 Å². The van der Waals surface area contributed by atoms with Crippen LogP contribution in [0.5, 0.6) is 0 Å². The Morgan fingerprint density at radius 1 is 1.09 bits per heavy atom. The Morgan fingerprint density at radius 2 is 1.86 bits per heavy atom. The molecule has 1 fully saturated rings. The Kier molecular flexibility index (Phi) is 7.03. The van der Waals surface area contributed by atoms with Gasteiger partial charge in [0, 0.05) is 29.8 Å². The minimum atomic E-state index is -0.348. The molecule has 1 aliphatic carbocycles. The van der Waals surface area contributed by atoms with Gasteiger partial charge in [-0.2, -0.15) is 0 Å². The molecule has 0 amide bonds. The van der Waals surface area contributed by atoms with Crippen LogP contribution in [0.4, 0.5) is 11.5 Å². The van der Waals surface area contributed by atoms with Gasteiger partial charge in [-0.15, -0.1) is 0 Å². The summed E-state index contributed by atoms with van der Waals surface area (Å²) in [7, 11) is 0. The molecule has 0 bridgehead atoms. The monoisotopic (exact) mass is 474 g/mol. The Hall–Kier alpha value is -2.57. The van der Waals surface area contributed by atoms with Crippen LogP contribution < -0.4 is 5.32 Å². The van der Waals surface area contributed by atoms with E-state index in [4.69, 9.17) is 14.7 Å². The minimum absolute atomic E-state index is 0.249. The van der Waals surface area contributed by atoms with E-state index in [-0.39, 0.29) is 11.2 Å². The molecule has 3 aliphatic rings. The Bertz CT molecular complexity index is 1090. The number of hydrogen-bond donors (Lipinski definition) is 1. The molecule has 5 rings (SSSR count). The van der Waals surface area contributed by atoms with Gasteiger partial charge in [0.05, 0.1) is 25.5 Å². The van der Waals surface area contributed by atoms with E-state index in [0.29, 0.717) is 38.8 Å². The molecule has 6 heteroatoms. The molecule has 2 aliphatic heterocycles. The van der Waals surface area contributed by atoms with Crippen LogP contribution in [-0.2, 0) is 22.6 Å². The zero-order valence-electron chi connectivity index (χ0n) is 21.4. The van der Waals surface area contributed by atoms with Crippen molar-refractivity contribution in [3.8, 4) is 0 Å². The zero-order chi connectivity index (χ0) is 24.4. The number of ketones is 1. The lowest BCUT2D eigenvalue weighted by atomic mass is 9.84. The molecule has 1 aromatic heterocycles. The maximum atomic E-state index is 12.7. The van der Waals surface area contributed by atoms with E-state index < -0.39 is 0 Å². The highest BCUT2D eigenvalue weighted by molar-refractivity contribution is 5.85. The quantitative estimate of drug-likeness (QED) is 0.554. The summed E-state index contributed by atoms with van der Waals surface area (Å²) in [6.45, 7) is 9.04. The van der Waals surface area contributed by atoms with E-state index in [1.165, 1.54) is 37.7 Å². The number of nitrogens with one attached hydrogen (secondary N) is 1. The summed E-state index contributed by atoms with van der Waals surface area (Å²) in [6, 6.07) is 8.91. The summed E-state index contributed by atoms with van der Waals surface area (Å²) in [5.74, 6) is 2.58. The van der Waals surface area contributed by atoms with Gasteiger partial charge in [0.25, 0.3) is 0 Å². The molecule has 1 saturated carbocycles. The highest BCUT2D eigenvalue weighted by atomic mass is 16.5. The second-order valence-corrected chi connectivity index (χ2v) is 11.3. The van der Waals surface area contributed by atoms with Gasteiger partial charge in [0.1, 0.15) is 5.82 Å². The van der Waals surface area contributed by atoms with Gasteiger partial charge < -0.3 is 10.1 Å². The minimum Gasteiger partial charge on any atom is -0.377 e. The number of carbonyl (C=O) groups is 1. The fourth-order valence-electron chi connectivity index (χ4n) is 5.26. The van der Waals surface area contributed by atoms with Crippen molar-refractivity contribution in [3.05, 3.63) is 53.0 Å². The van der Waals surface area contributed by atoms with Crippen LogP contribution in [0.25, 0.3) is 5.57 Å². The number of fused-ring (bicyclic) bond motifs is 1. The van der Waals surface area contributed by atoms with Crippen LogP contribution in [0, 0.1) is 5.41 Å². The lowest BCUT2D eigenvalue weighted by Gasteiger charge is -2.22. The molecule has 1 aromatic carbocycles. The SMILES string of the molecule is CC(C)(C)C(=O)CN1Cc2nc(C3=CCOCC3)nc(Nc3ccc(C4CCCCC4)cc3)c2C1. The largest absolute Gasteiger partial charge is 0.377 e. The van der Waals surface area contributed by atoms with Gasteiger partial charge in [-0.1, -0.05) is 58.2 Å². The molecule has 186 valence electrons. The maximum absolute atomic E-state index is 12.7. The van der Waals surface area contributed by atoms with Crippen LogP contribution in [-0.4, -0.2) is 40.4 Å². The third-order valence-corrected chi connectivity index (χ3v) is 7.55. The number of carbonyl (C=O) groups excluding carboxylic acids is 1. The average molecular weight is 475 g/mol. The topological polar surface area (TPSA) is 67.4 Å². The number of benzene rings is 1. The second-order valence-electron chi connectivity index (χ2n) is 11.3. The van der Waals surface area contributed by atoms with Gasteiger partial charge in [-0.05, 0) is 48.4 Å². The van der Waals surface area contributed by atoms with Crippen LogP contribution >= 0.6 is 0 Å². The van der Waals surface area contributed by atoms with Crippen LogP contribution in [0.1, 0.15) is 87.9 Å². The van der Waals surface area contributed by atoms with Crippen molar-refractivity contribution in [3.63, 3.8) is 0 Å². The van der Waals surface area contributed by atoms with Gasteiger partial charge in [-0.25, -0.2) is 9.97 Å². The summed E-state index contributed by atoms with van der Waals surface area (Å²) in [6.07, 6.45) is 9.57. The predicted octanol–water partition coefficient (Wildman–Crippen LogP) is 6.00. The molecule has 6 nitrogen and oxygen atoms in total. The summed E-state index contributed by atoms with van der Waals surface area (Å²) in [4.78, 5) is 24.8. The van der Waals surface area contributed by atoms with Crippen molar-refractivity contribution in [1.82, 2.24) is 14.9 Å². The van der Waals surface area contributed by atoms with Crippen molar-refractivity contribution in [2.45, 2.75) is 78.3 Å². The van der Waals surface area contributed by atoms with Crippen LogP contribution in [0.2, 0.25) is 0 Å². The molecule has 0 atom stereocenters. The van der Waals surface area contributed by atoms with E-state index in [1.807, 2.05) is 20.8 Å². The first-order valence-electron chi connectivity index (χ1n) is 13.2. The second kappa shape index (κ2) is 10.2. The fourth-order valence-corrected chi connectivity index (χ4v) is 5.26. The molecule has 0 unspecified atom stereocenters. The molecule has 1 N–H and O–H groups in total. The Balaban J connectivity index is 1.40. The molecule has 0 radical (unpaired) electrons. The highest BCUT2D eigenvalue weighted by Crippen LogP contribution is 2.35. The van der Waals surface area contributed by atoms with Crippen molar-refractivity contribution in [2.24, 2.45) is 5.41 Å². The van der Waals surface area contributed by atoms with Crippen LogP contribution in [0.15, 0.2) is 30.3 Å². The van der Waals surface area contributed by atoms with Gasteiger partial charge >= 0.3 is 0 Å². The van der Waals surface area contributed by atoms with E-state index in [0.717, 1.165) is 40.6 Å². The van der Waals surface area contributed by atoms with E-state index in [1.54, 1.807) is 0 Å². The number of rotatable bonds is 6. The zero-order valence-corrected chi connectivity index (χ0v) is 21.4. The van der Waals surface area contributed by atoms with Gasteiger partial charge in [0.2, 0.25) is 0 Å². The Morgan fingerprint density at radius 3 is 2.54 bits per heavy atom. The number of ether oxygens (including phenoxy) is 1. The standard InChI is InChI=1S/C29H38N4O2/c1-29(2,3)26(34)19-33-17-24-25(18-33)31-27(22-13-15-35-16-14-22)32-28(24)30-23-11-9-21(10-12-23)20-7-5-4-6-8-20/h9-13,20H,4-8,14-19H2,1-3H3,(H,30,31,32). The van der Waals surface area contributed by atoms with Crippen molar-refractivity contribution in [1.29, 1.82) is 0 Å². The predicted molar refractivity (Wildman–Crippen MR) is 140 cm³/mol. The number of Topliss-reactive ketones (excluding diaryl/α,β-unsaturated/α-hetero) is 1. The molecule has 0 spiro atoms. The number of hydrogen-bond acceptors (Lipinski definition) is 6. The van der Waals surface area contributed by atoms with E-state index in [9.17, 15) is 4.79 Å². The summed E-state index contributed by atoms with van der Waals surface area (Å²) < 4.78 is 5.50. The van der Waals surface area contributed by atoms with E-state index >= 15 is 0 Å². The van der Waals surface area contributed by atoms with Crippen molar-refractivity contribution < 1.29 is 9.53 Å². The summed E-state index contributed by atoms with van der Waals surface area (Å²) in [5, 5.41) is 3.60. The highest BCUT2D eigenvalue weighted by Gasteiger charge is 2.30. The third kappa shape index (κ3) is 5.65. The lowest BCUT2D eigenvalue weighted by molar-refractivity contribution is -0.127. The first kappa shape index (κ1) is 24.1. The molecular weight excluding hydrogens is 436 g/mol. The molecular formula is C29H38N4O2. The fraction of sp³-hybridized carbons (Fsp3) is 0.552. The average Bonchev–Trinajstić information content (AvgIpc) is 3.28. The number of anilines is 2. The first-order chi connectivity index (χ1) is 16.9. The third-order valence-electron chi connectivity index (χ3n) is 7.55. The van der Waals surface area contributed by atoms with Crippen LogP contribution in [0.3, 0.4) is 0 Å². The van der Waals surface area contributed by atoms with Gasteiger partial charge in [0.15, 0.2) is 11.6 Å². The molecule has 0 saturated heterocycles. The number of aromatic nitrogens is 2. The van der Waals surface area contributed by atoms with E-state index in [2.05, 4.69) is 40.6 Å².